The van der Waals surface area contributed by atoms with Gasteiger partial charge >= 0.3 is 5.97 Å². The van der Waals surface area contributed by atoms with Gasteiger partial charge in [0.25, 0.3) is 5.91 Å². The first-order chi connectivity index (χ1) is 16.1. The molecule has 166 valence electrons. The zero-order valence-electron chi connectivity index (χ0n) is 18.2. The first-order valence-corrected chi connectivity index (χ1v) is 10.2. The number of amides is 1. The third kappa shape index (κ3) is 5.10. The van der Waals surface area contributed by atoms with E-state index in [1.54, 1.807) is 30.3 Å². The second kappa shape index (κ2) is 9.82. The minimum Gasteiger partial charge on any atom is -0.497 e. The monoisotopic (exact) mass is 442 g/mol. The fraction of sp³-hybridized carbons (Fsp3) is 0.115. The Balaban J connectivity index is 1.53. The molecule has 0 aliphatic heterocycles. The highest BCUT2D eigenvalue weighted by Gasteiger charge is 2.17. The SMILES string of the molecule is COc1cc(NC(=O)COC(=O)c2cc(-c3ccccc3)nc3ccccc23)cc(OC)c1. The van der Waals surface area contributed by atoms with Gasteiger partial charge < -0.3 is 19.5 Å². The topological polar surface area (TPSA) is 86.8 Å². The molecule has 0 atom stereocenters. The van der Waals surface area contributed by atoms with E-state index in [9.17, 15) is 9.59 Å². The van der Waals surface area contributed by atoms with Crippen LogP contribution >= 0.6 is 0 Å². The van der Waals surface area contributed by atoms with Crippen LogP contribution in [0.2, 0.25) is 0 Å². The number of aromatic nitrogens is 1. The lowest BCUT2D eigenvalue weighted by Gasteiger charge is -2.11. The van der Waals surface area contributed by atoms with Crippen LogP contribution in [0.4, 0.5) is 5.69 Å². The van der Waals surface area contributed by atoms with Crippen LogP contribution in [0.25, 0.3) is 22.2 Å². The van der Waals surface area contributed by atoms with Crippen LogP contribution in [0, 0.1) is 0 Å². The number of pyridine rings is 1. The standard InChI is InChI=1S/C26H22N2O5/c1-31-19-12-18(13-20(14-19)32-2)27-25(29)16-33-26(30)22-15-24(17-8-4-3-5-9-17)28-23-11-7-6-10-21(22)23/h3-15H,16H2,1-2H3,(H,27,29). The van der Waals surface area contributed by atoms with E-state index >= 15 is 0 Å². The van der Waals surface area contributed by atoms with Crippen LogP contribution in [0.15, 0.2) is 78.9 Å². The molecular formula is C26H22N2O5. The van der Waals surface area contributed by atoms with E-state index in [4.69, 9.17) is 14.2 Å². The minimum atomic E-state index is -0.607. The summed E-state index contributed by atoms with van der Waals surface area (Å²) in [5.74, 6) is -0.0406. The molecule has 0 saturated carbocycles. The van der Waals surface area contributed by atoms with Crippen molar-refractivity contribution in [1.29, 1.82) is 0 Å². The third-order valence-electron chi connectivity index (χ3n) is 4.98. The molecular weight excluding hydrogens is 420 g/mol. The Morgan fingerprint density at radius 3 is 2.21 bits per heavy atom. The van der Waals surface area contributed by atoms with Gasteiger partial charge in [0, 0.05) is 34.8 Å². The molecule has 1 N–H and O–H groups in total. The number of fused-ring (bicyclic) bond motifs is 1. The number of carbonyl (C=O) groups is 2. The van der Waals surface area contributed by atoms with Gasteiger partial charge in [-0.05, 0) is 12.1 Å². The van der Waals surface area contributed by atoms with Gasteiger partial charge in [0.2, 0.25) is 0 Å². The highest BCUT2D eigenvalue weighted by molar-refractivity contribution is 6.05. The van der Waals surface area contributed by atoms with Crippen molar-refractivity contribution in [3.63, 3.8) is 0 Å². The summed E-state index contributed by atoms with van der Waals surface area (Å²) < 4.78 is 15.7. The summed E-state index contributed by atoms with van der Waals surface area (Å²) >= 11 is 0. The molecule has 0 saturated heterocycles. The number of para-hydroxylation sites is 1. The second-order valence-corrected chi connectivity index (χ2v) is 7.16. The lowest BCUT2D eigenvalue weighted by atomic mass is 10.0. The molecule has 0 unspecified atom stereocenters. The second-order valence-electron chi connectivity index (χ2n) is 7.16. The summed E-state index contributed by atoms with van der Waals surface area (Å²) in [4.78, 5) is 30.0. The van der Waals surface area contributed by atoms with Crippen LogP contribution < -0.4 is 14.8 Å². The molecule has 7 nitrogen and oxygen atoms in total. The maximum Gasteiger partial charge on any atom is 0.339 e. The van der Waals surface area contributed by atoms with E-state index in [1.807, 2.05) is 48.5 Å². The van der Waals surface area contributed by atoms with Gasteiger partial charge in [-0.3, -0.25) is 4.79 Å². The summed E-state index contributed by atoms with van der Waals surface area (Å²) in [5, 5.41) is 3.34. The number of nitrogens with one attached hydrogen (secondary N) is 1. The molecule has 4 aromatic rings. The summed E-state index contributed by atoms with van der Waals surface area (Å²) in [6.07, 6.45) is 0. The summed E-state index contributed by atoms with van der Waals surface area (Å²) in [6.45, 7) is -0.449. The van der Waals surface area contributed by atoms with Crippen molar-refractivity contribution in [3.8, 4) is 22.8 Å². The predicted molar refractivity (Wildman–Crippen MR) is 126 cm³/mol. The Kier molecular flexibility index (Phi) is 6.50. The van der Waals surface area contributed by atoms with Gasteiger partial charge in [-0.2, -0.15) is 0 Å². The fourth-order valence-electron chi connectivity index (χ4n) is 3.39. The van der Waals surface area contributed by atoms with Crippen LogP contribution in [-0.2, 0) is 9.53 Å². The molecule has 1 aromatic heterocycles. The van der Waals surface area contributed by atoms with Gasteiger partial charge in [0.05, 0.1) is 31.0 Å². The lowest BCUT2D eigenvalue weighted by molar-refractivity contribution is -0.119. The van der Waals surface area contributed by atoms with Gasteiger partial charge in [-0.1, -0.05) is 48.5 Å². The number of benzene rings is 3. The molecule has 0 aliphatic rings. The molecule has 33 heavy (non-hydrogen) atoms. The first kappa shape index (κ1) is 21.8. The third-order valence-corrected chi connectivity index (χ3v) is 4.98. The highest BCUT2D eigenvalue weighted by atomic mass is 16.5. The van der Waals surface area contributed by atoms with Crippen molar-refractivity contribution in [2.24, 2.45) is 0 Å². The van der Waals surface area contributed by atoms with Crippen molar-refractivity contribution in [1.82, 2.24) is 4.98 Å². The lowest BCUT2D eigenvalue weighted by Crippen LogP contribution is -2.21. The van der Waals surface area contributed by atoms with Crippen molar-refractivity contribution < 1.29 is 23.8 Å². The Morgan fingerprint density at radius 1 is 0.848 bits per heavy atom. The van der Waals surface area contributed by atoms with Crippen LogP contribution in [0.5, 0.6) is 11.5 Å². The normalized spacial score (nSPS) is 10.5. The molecule has 3 aromatic carbocycles. The van der Waals surface area contributed by atoms with Gasteiger partial charge in [0.15, 0.2) is 6.61 Å². The van der Waals surface area contributed by atoms with E-state index in [1.165, 1.54) is 14.2 Å². The summed E-state index contributed by atoms with van der Waals surface area (Å²) in [6, 6.07) is 23.5. The Labute approximate surface area is 190 Å². The van der Waals surface area contributed by atoms with Gasteiger partial charge in [-0.25, -0.2) is 9.78 Å². The van der Waals surface area contributed by atoms with Crippen molar-refractivity contribution in [3.05, 3.63) is 84.4 Å². The number of hydrogen-bond donors (Lipinski definition) is 1. The van der Waals surface area contributed by atoms with Crippen molar-refractivity contribution in [2.75, 3.05) is 26.1 Å². The number of ether oxygens (including phenoxy) is 3. The number of hydrogen-bond acceptors (Lipinski definition) is 6. The average Bonchev–Trinajstić information content (AvgIpc) is 2.86. The molecule has 0 spiro atoms. The molecule has 7 heteroatoms. The van der Waals surface area contributed by atoms with Crippen LogP contribution in [0.3, 0.4) is 0 Å². The number of carbonyl (C=O) groups excluding carboxylic acids is 2. The zero-order chi connectivity index (χ0) is 23.2. The van der Waals surface area contributed by atoms with E-state index in [0.29, 0.717) is 39.3 Å². The molecule has 0 fully saturated rings. The minimum absolute atomic E-state index is 0.343. The largest absolute Gasteiger partial charge is 0.497 e. The van der Waals surface area contributed by atoms with E-state index in [2.05, 4.69) is 10.3 Å². The Morgan fingerprint density at radius 2 is 1.52 bits per heavy atom. The number of esters is 1. The Hall–Kier alpha value is -4.39. The number of methoxy groups -OCH3 is 2. The molecule has 0 aliphatic carbocycles. The van der Waals surface area contributed by atoms with Gasteiger partial charge in [0.1, 0.15) is 11.5 Å². The van der Waals surface area contributed by atoms with E-state index in [-0.39, 0.29) is 0 Å². The fourth-order valence-corrected chi connectivity index (χ4v) is 3.39. The van der Waals surface area contributed by atoms with E-state index in [0.717, 1.165) is 5.56 Å². The van der Waals surface area contributed by atoms with Gasteiger partial charge in [-0.15, -0.1) is 0 Å². The maximum atomic E-state index is 12.9. The Bertz CT molecular complexity index is 1280. The quantitative estimate of drug-likeness (QED) is 0.417. The number of anilines is 1. The summed E-state index contributed by atoms with van der Waals surface area (Å²) in [7, 11) is 3.04. The van der Waals surface area contributed by atoms with Crippen molar-refractivity contribution in [2.45, 2.75) is 0 Å². The predicted octanol–water partition coefficient (Wildman–Crippen LogP) is 4.71. The molecule has 4 rings (SSSR count). The molecule has 1 amide bonds. The summed E-state index contributed by atoms with van der Waals surface area (Å²) in [5.41, 5.74) is 3.00. The average molecular weight is 442 g/mol. The maximum absolute atomic E-state index is 12.9. The number of nitrogens with zero attached hydrogens (tertiary/aromatic N) is 1. The molecule has 0 radical (unpaired) electrons. The van der Waals surface area contributed by atoms with Crippen LogP contribution in [0.1, 0.15) is 10.4 Å². The van der Waals surface area contributed by atoms with E-state index < -0.39 is 18.5 Å². The number of rotatable bonds is 7. The zero-order valence-corrected chi connectivity index (χ0v) is 18.2. The molecule has 1 heterocycles. The highest BCUT2D eigenvalue weighted by Crippen LogP contribution is 2.27. The van der Waals surface area contributed by atoms with Crippen molar-refractivity contribution >= 4 is 28.5 Å². The van der Waals surface area contributed by atoms with Crippen LogP contribution in [-0.4, -0.2) is 37.7 Å². The molecule has 0 bridgehead atoms. The smallest absolute Gasteiger partial charge is 0.339 e. The first-order valence-electron chi connectivity index (χ1n) is 10.2.